The maximum atomic E-state index is 11.4. The van der Waals surface area contributed by atoms with Crippen LogP contribution in [-0.2, 0) is 10.2 Å². The number of rotatable bonds is 5. The number of nitrogens with one attached hydrogen (secondary N) is 1. The highest BCUT2D eigenvalue weighted by atomic mass is 32.2. The number of likely N-dealkylation sites (tertiary alicyclic amines) is 1. The molecular formula is C14H21N3O3S. The molecule has 1 heterocycles. The maximum Gasteiger partial charge on any atom is 0.274 e. The third kappa shape index (κ3) is 3.37. The van der Waals surface area contributed by atoms with Gasteiger partial charge >= 0.3 is 0 Å². The van der Waals surface area contributed by atoms with E-state index < -0.39 is 10.2 Å². The Balaban J connectivity index is 1.91. The Hall–Kier alpha value is -1.15. The van der Waals surface area contributed by atoms with Crippen LogP contribution in [0.2, 0.25) is 0 Å². The summed E-state index contributed by atoms with van der Waals surface area (Å²) in [4.78, 5) is 2.39. The van der Waals surface area contributed by atoms with Crippen molar-refractivity contribution >= 4 is 10.2 Å². The lowest BCUT2D eigenvalue weighted by Gasteiger charge is -2.28. The molecule has 21 heavy (non-hydrogen) atoms. The summed E-state index contributed by atoms with van der Waals surface area (Å²) in [5.74, 6) is 0.782. The van der Waals surface area contributed by atoms with Gasteiger partial charge in [-0.3, -0.25) is 4.90 Å². The molecule has 0 radical (unpaired) electrons. The summed E-state index contributed by atoms with van der Waals surface area (Å²) in [6.45, 7) is 0.889. The quantitative estimate of drug-likeness (QED) is 0.841. The topological polar surface area (TPSA) is 84.7 Å². The molecule has 1 aliphatic carbocycles. The van der Waals surface area contributed by atoms with Crippen molar-refractivity contribution in [2.45, 2.75) is 37.4 Å². The first-order chi connectivity index (χ1) is 9.98. The zero-order chi connectivity index (χ0) is 15.0. The fraction of sp³-hybridized carbons (Fsp3) is 0.571. The van der Waals surface area contributed by atoms with E-state index in [4.69, 9.17) is 9.88 Å². The second kappa shape index (κ2) is 5.57. The number of hydrogen-bond acceptors (Lipinski definition) is 4. The molecular weight excluding hydrogens is 290 g/mol. The number of nitrogens with two attached hydrogens (primary N) is 1. The molecule has 1 saturated carbocycles. The van der Waals surface area contributed by atoms with E-state index in [-0.39, 0.29) is 12.1 Å². The first kappa shape index (κ1) is 14.8. The van der Waals surface area contributed by atoms with E-state index >= 15 is 0 Å². The largest absolute Gasteiger partial charge is 0.497 e. The molecule has 6 nitrogen and oxygen atoms in total. The van der Waals surface area contributed by atoms with Gasteiger partial charge in [-0.1, -0.05) is 12.1 Å². The molecule has 0 aromatic heterocycles. The Kier molecular flexibility index (Phi) is 3.92. The smallest absolute Gasteiger partial charge is 0.274 e. The van der Waals surface area contributed by atoms with Crippen LogP contribution >= 0.6 is 0 Å². The maximum absolute atomic E-state index is 11.4. The van der Waals surface area contributed by atoms with Crippen molar-refractivity contribution in [1.82, 2.24) is 9.62 Å². The van der Waals surface area contributed by atoms with Crippen LogP contribution in [0.25, 0.3) is 0 Å². The molecule has 116 valence electrons. The summed E-state index contributed by atoms with van der Waals surface area (Å²) in [5.41, 5.74) is 1.07. The van der Waals surface area contributed by atoms with Crippen molar-refractivity contribution < 1.29 is 13.2 Å². The van der Waals surface area contributed by atoms with Gasteiger partial charge in [0, 0.05) is 18.6 Å². The fourth-order valence-corrected chi connectivity index (χ4v) is 3.88. The van der Waals surface area contributed by atoms with Gasteiger partial charge in [0.15, 0.2) is 0 Å². The van der Waals surface area contributed by atoms with Crippen molar-refractivity contribution in [2.75, 3.05) is 13.7 Å². The number of benzene rings is 1. The Bertz CT molecular complexity index is 616. The predicted molar refractivity (Wildman–Crippen MR) is 80.1 cm³/mol. The molecule has 2 atom stereocenters. The van der Waals surface area contributed by atoms with Gasteiger partial charge in [0.1, 0.15) is 5.75 Å². The molecule has 0 unspecified atom stereocenters. The third-order valence-electron chi connectivity index (χ3n) is 4.20. The van der Waals surface area contributed by atoms with Crippen LogP contribution < -0.4 is 14.6 Å². The van der Waals surface area contributed by atoms with Gasteiger partial charge in [0.05, 0.1) is 13.2 Å². The molecule has 2 aliphatic rings. The van der Waals surface area contributed by atoms with E-state index in [0.717, 1.165) is 24.3 Å². The van der Waals surface area contributed by atoms with Gasteiger partial charge < -0.3 is 4.74 Å². The molecule has 3 rings (SSSR count). The van der Waals surface area contributed by atoms with Crippen LogP contribution in [0.4, 0.5) is 0 Å². The predicted octanol–water partition coefficient (Wildman–Crippen LogP) is 0.766. The van der Waals surface area contributed by atoms with Gasteiger partial charge in [-0.2, -0.15) is 13.1 Å². The molecule has 3 N–H and O–H groups in total. The molecule has 1 aliphatic heterocycles. The summed E-state index contributed by atoms with van der Waals surface area (Å²) >= 11 is 0. The minimum absolute atomic E-state index is 0.0194. The van der Waals surface area contributed by atoms with Crippen LogP contribution in [0.1, 0.15) is 30.9 Å². The molecule has 1 aromatic rings. The van der Waals surface area contributed by atoms with E-state index in [0.29, 0.717) is 6.04 Å². The van der Waals surface area contributed by atoms with Crippen molar-refractivity contribution in [2.24, 2.45) is 5.14 Å². The minimum Gasteiger partial charge on any atom is -0.497 e. The van der Waals surface area contributed by atoms with Crippen molar-refractivity contribution in [3.63, 3.8) is 0 Å². The van der Waals surface area contributed by atoms with E-state index in [2.05, 4.69) is 9.62 Å². The van der Waals surface area contributed by atoms with E-state index in [1.807, 2.05) is 24.3 Å². The first-order valence-electron chi connectivity index (χ1n) is 7.17. The average Bonchev–Trinajstić information content (AvgIpc) is 3.19. The highest BCUT2D eigenvalue weighted by molar-refractivity contribution is 7.87. The number of methoxy groups -OCH3 is 1. The van der Waals surface area contributed by atoms with Crippen LogP contribution in [0, 0.1) is 0 Å². The Morgan fingerprint density at radius 1 is 1.33 bits per heavy atom. The number of hydrogen-bond donors (Lipinski definition) is 2. The van der Waals surface area contributed by atoms with Crippen LogP contribution in [0.5, 0.6) is 5.75 Å². The molecule has 0 bridgehead atoms. The number of nitrogens with zero attached hydrogens (tertiary/aromatic N) is 1. The van der Waals surface area contributed by atoms with E-state index in [9.17, 15) is 8.42 Å². The minimum atomic E-state index is -3.70. The normalized spacial score (nSPS) is 27.0. The second-order valence-corrected chi connectivity index (χ2v) is 7.07. The Morgan fingerprint density at radius 2 is 2.10 bits per heavy atom. The first-order valence-corrected chi connectivity index (χ1v) is 8.72. The lowest BCUT2D eigenvalue weighted by atomic mass is 10.0. The second-order valence-electron chi connectivity index (χ2n) is 5.75. The van der Waals surface area contributed by atoms with Crippen molar-refractivity contribution in [1.29, 1.82) is 0 Å². The van der Waals surface area contributed by atoms with Crippen LogP contribution in [0.15, 0.2) is 24.3 Å². The van der Waals surface area contributed by atoms with Gasteiger partial charge in [-0.25, -0.2) is 5.14 Å². The fourth-order valence-electron chi connectivity index (χ4n) is 3.22. The summed E-state index contributed by atoms with van der Waals surface area (Å²) in [6, 6.07) is 8.22. The zero-order valence-corrected chi connectivity index (χ0v) is 12.8. The van der Waals surface area contributed by atoms with Crippen molar-refractivity contribution in [3.05, 3.63) is 29.8 Å². The van der Waals surface area contributed by atoms with E-state index in [1.54, 1.807) is 7.11 Å². The van der Waals surface area contributed by atoms with Crippen LogP contribution in [0.3, 0.4) is 0 Å². The third-order valence-corrected chi connectivity index (χ3v) is 4.83. The molecule has 7 heteroatoms. The summed E-state index contributed by atoms with van der Waals surface area (Å²) in [7, 11) is -2.07. The SMILES string of the molecule is COc1cccc([C@H]2[C@H](NS(N)(=O)=O)CCN2C2CC2)c1. The molecule has 0 spiro atoms. The summed E-state index contributed by atoms with van der Waals surface area (Å²) < 4.78 is 30.7. The molecule has 2 fully saturated rings. The zero-order valence-electron chi connectivity index (χ0n) is 12.0. The summed E-state index contributed by atoms with van der Waals surface area (Å²) in [5, 5.41) is 5.17. The van der Waals surface area contributed by atoms with Crippen molar-refractivity contribution in [3.8, 4) is 5.75 Å². The lowest BCUT2D eigenvalue weighted by molar-refractivity contribution is 0.233. The Morgan fingerprint density at radius 3 is 2.71 bits per heavy atom. The lowest BCUT2D eigenvalue weighted by Crippen LogP contribution is -2.43. The monoisotopic (exact) mass is 311 g/mol. The van der Waals surface area contributed by atoms with Gasteiger partial charge in [0.2, 0.25) is 0 Å². The van der Waals surface area contributed by atoms with Gasteiger partial charge in [-0.05, 0) is 37.0 Å². The Labute approximate surface area is 125 Å². The standard InChI is InChI=1S/C14H21N3O3S/c1-20-12-4-2-3-10(9-12)14-13(16-21(15,18)19)7-8-17(14)11-5-6-11/h2-4,9,11,13-14,16H,5-8H2,1H3,(H2,15,18,19)/t13-,14+/m1/s1. The molecule has 1 aromatic carbocycles. The summed E-state index contributed by atoms with van der Waals surface area (Å²) in [6.07, 6.45) is 3.14. The van der Waals surface area contributed by atoms with Gasteiger partial charge in [0.25, 0.3) is 10.2 Å². The van der Waals surface area contributed by atoms with Crippen LogP contribution in [-0.4, -0.2) is 39.1 Å². The number of ether oxygens (including phenoxy) is 1. The highest BCUT2D eigenvalue weighted by Gasteiger charge is 2.43. The van der Waals surface area contributed by atoms with E-state index in [1.165, 1.54) is 12.8 Å². The molecule has 0 amide bonds. The highest BCUT2D eigenvalue weighted by Crippen LogP contribution is 2.41. The van der Waals surface area contributed by atoms with Gasteiger partial charge in [-0.15, -0.1) is 0 Å². The average molecular weight is 311 g/mol. The molecule has 1 saturated heterocycles.